The van der Waals surface area contributed by atoms with Crippen molar-refractivity contribution >= 4 is 32.3 Å². The maximum Gasteiger partial charge on any atom is 0.289 e. The van der Waals surface area contributed by atoms with Crippen LogP contribution in [0, 0.1) is 5.82 Å². The SMILES string of the molecule is CN(Cc1cc(Cl)ccc1F)C(=O)Br. The van der Waals surface area contributed by atoms with Gasteiger partial charge in [-0.15, -0.1) is 0 Å². The summed E-state index contributed by atoms with van der Waals surface area (Å²) in [6.45, 7) is 0.191. The molecule has 0 spiro atoms. The van der Waals surface area contributed by atoms with E-state index < -0.39 is 0 Å². The number of benzene rings is 1. The molecule has 5 heteroatoms. The molecule has 1 amide bonds. The van der Waals surface area contributed by atoms with Gasteiger partial charge in [0.25, 0.3) is 4.82 Å². The zero-order valence-corrected chi connectivity index (χ0v) is 9.77. The molecule has 0 aliphatic rings. The van der Waals surface area contributed by atoms with E-state index in [9.17, 15) is 9.18 Å². The maximum atomic E-state index is 13.2. The fourth-order valence-electron chi connectivity index (χ4n) is 0.982. The normalized spacial score (nSPS) is 10.0. The summed E-state index contributed by atoms with van der Waals surface area (Å²) in [7, 11) is 1.57. The average molecular weight is 281 g/mol. The van der Waals surface area contributed by atoms with Gasteiger partial charge in [-0.2, -0.15) is 0 Å². The van der Waals surface area contributed by atoms with E-state index in [4.69, 9.17) is 11.6 Å². The van der Waals surface area contributed by atoms with Crippen molar-refractivity contribution in [2.24, 2.45) is 0 Å². The van der Waals surface area contributed by atoms with Crippen LogP contribution in [0.2, 0.25) is 5.02 Å². The van der Waals surface area contributed by atoms with Crippen LogP contribution in [0.15, 0.2) is 18.2 Å². The second-order valence-corrected chi connectivity index (χ2v) is 3.96. The van der Waals surface area contributed by atoms with Gasteiger partial charge in [0.2, 0.25) is 0 Å². The predicted molar refractivity (Wildman–Crippen MR) is 57.2 cm³/mol. The Morgan fingerprint density at radius 3 is 2.86 bits per heavy atom. The Hall–Kier alpha value is -0.610. The predicted octanol–water partition coefficient (Wildman–Crippen LogP) is 3.43. The van der Waals surface area contributed by atoms with Gasteiger partial charge in [0, 0.05) is 40.1 Å². The first-order valence-electron chi connectivity index (χ1n) is 3.85. The molecule has 0 bridgehead atoms. The van der Waals surface area contributed by atoms with E-state index in [2.05, 4.69) is 15.9 Å². The van der Waals surface area contributed by atoms with Crippen LogP contribution in [-0.4, -0.2) is 16.8 Å². The summed E-state index contributed by atoms with van der Waals surface area (Å²) in [6.07, 6.45) is 0. The molecule has 0 radical (unpaired) electrons. The van der Waals surface area contributed by atoms with Crippen LogP contribution in [0.25, 0.3) is 0 Å². The number of hydrogen-bond acceptors (Lipinski definition) is 1. The highest BCUT2D eigenvalue weighted by atomic mass is 79.9. The van der Waals surface area contributed by atoms with Gasteiger partial charge in [-0.25, -0.2) is 4.39 Å². The van der Waals surface area contributed by atoms with Crippen molar-refractivity contribution < 1.29 is 9.18 Å². The number of amides is 1. The highest BCUT2D eigenvalue weighted by Crippen LogP contribution is 2.16. The highest BCUT2D eigenvalue weighted by molar-refractivity contribution is 9.18. The topological polar surface area (TPSA) is 20.3 Å². The van der Waals surface area contributed by atoms with Crippen LogP contribution in [-0.2, 0) is 6.54 Å². The Balaban J connectivity index is 2.85. The number of halogens is 3. The van der Waals surface area contributed by atoms with E-state index in [-0.39, 0.29) is 17.2 Å². The fourth-order valence-corrected chi connectivity index (χ4v) is 1.30. The largest absolute Gasteiger partial charge is 0.332 e. The van der Waals surface area contributed by atoms with E-state index in [1.807, 2.05) is 0 Å². The third kappa shape index (κ3) is 2.96. The van der Waals surface area contributed by atoms with Gasteiger partial charge in [0.15, 0.2) is 0 Å². The first-order valence-corrected chi connectivity index (χ1v) is 5.02. The summed E-state index contributed by atoms with van der Waals surface area (Å²) >= 11 is 8.47. The molecule has 0 atom stereocenters. The zero-order chi connectivity index (χ0) is 10.7. The summed E-state index contributed by atoms with van der Waals surface area (Å²) < 4.78 is 13.2. The lowest BCUT2D eigenvalue weighted by Crippen LogP contribution is -2.20. The van der Waals surface area contributed by atoms with E-state index in [0.29, 0.717) is 10.6 Å². The van der Waals surface area contributed by atoms with E-state index >= 15 is 0 Å². The van der Waals surface area contributed by atoms with Crippen LogP contribution in [0.4, 0.5) is 9.18 Å². The van der Waals surface area contributed by atoms with Crippen molar-refractivity contribution in [1.29, 1.82) is 0 Å². The first-order chi connectivity index (χ1) is 6.50. The Morgan fingerprint density at radius 2 is 2.29 bits per heavy atom. The second kappa shape index (κ2) is 4.75. The maximum absolute atomic E-state index is 13.2. The quantitative estimate of drug-likeness (QED) is 0.600. The summed E-state index contributed by atoms with van der Waals surface area (Å²) in [6, 6.07) is 4.25. The molecule has 0 unspecified atom stereocenters. The number of nitrogens with zero attached hydrogens (tertiary/aromatic N) is 1. The molecule has 1 aromatic rings. The lowest BCUT2D eigenvalue weighted by molar-refractivity contribution is 0.232. The summed E-state index contributed by atoms with van der Waals surface area (Å²) in [5.74, 6) is -0.366. The Labute approximate surface area is 94.8 Å². The van der Waals surface area contributed by atoms with E-state index in [1.54, 1.807) is 7.05 Å². The van der Waals surface area contributed by atoms with Crippen LogP contribution < -0.4 is 0 Å². The van der Waals surface area contributed by atoms with E-state index in [1.165, 1.54) is 23.1 Å². The molecule has 0 aliphatic carbocycles. The zero-order valence-electron chi connectivity index (χ0n) is 7.43. The van der Waals surface area contributed by atoms with Crippen LogP contribution in [0.3, 0.4) is 0 Å². The van der Waals surface area contributed by atoms with Crippen molar-refractivity contribution in [2.75, 3.05) is 7.05 Å². The van der Waals surface area contributed by atoms with Gasteiger partial charge in [-0.1, -0.05) is 11.6 Å². The van der Waals surface area contributed by atoms with Gasteiger partial charge in [-0.05, 0) is 18.2 Å². The molecule has 0 saturated carbocycles. The average Bonchev–Trinajstić information content (AvgIpc) is 2.11. The summed E-state index contributed by atoms with van der Waals surface area (Å²) in [4.78, 5) is 11.9. The van der Waals surface area contributed by atoms with Gasteiger partial charge >= 0.3 is 0 Å². The van der Waals surface area contributed by atoms with Crippen molar-refractivity contribution in [2.45, 2.75) is 6.54 Å². The summed E-state index contributed by atoms with van der Waals surface area (Å²) in [5.41, 5.74) is 0.396. The standard InChI is InChI=1S/C9H8BrClFNO/c1-13(9(10)14)5-6-4-7(11)2-3-8(6)12/h2-4H,5H2,1H3. The minimum atomic E-state index is -0.366. The number of rotatable bonds is 2. The van der Waals surface area contributed by atoms with Crippen molar-refractivity contribution in [3.63, 3.8) is 0 Å². The molecule has 76 valence electrons. The number of carbonyl (C=O) groups excluding carboxylic acids is 1. The molecule has 2 nitrogen and oxygen atoms in total. The number of carbonyl (C=O) groups is 1. The molecular weight excluding hydrogens is 272 g/mol. The van der Waals surface area contributed by atoms with Crippen LogP contribution in [0.1, 0.15) is 5.56 Å². The summed E-state index contributed by atoms with van der Waals surface area (Å²) in [5, 5.41) is 0.455. The van der Waals surface area contributed by atoms with Gasteiger partial charge in [0.05, 0.1) is 0 Å². The Bertz CT molecular complexity index is 359. The molecule has 0 aromatic heterocycles. The monoisotopic (exact) mass is 279 g/mol. The molecule has 1 aromatic carbocycles. The third-order valence-corrected chi connectivity index (χ3v) is 2.56. The molecule has 0 aliphatic heterocycles. The Kier molecular flexibility index (Phi) is 3.89. The van der Waals surface area contributed by atoms with Crippen molar-refractivity contribution in [3.8, 4) is 0 Å². The molecule has 0 N–H and O–H groups in total. The molecular formula is C9H8BrClFNO. The van der Waals surface area contributed by atoms with Crippen LogP contribution >= 0.6 is 27.5 Å². The smallest absolute Gasteiger partial charge is 0.289 e. The van der Waals surface area contributed by atoms with Gasteiger partial charge in [0.1, 0.15) is 5.82 Å². The Morgan fingerprint density at radius 1 is 1.64 bits per heavy atom. The van der Waals surface area contributed by atoms with Crippen molar-refractivity contribution in [1.82, 2.24) is 4.90 Å². The van der Waals surface area contributed by atoms with Gasteiger partial charge < -0.3 is 4.90 Å². The second-order valence-electron chi connectivity index (χ2n) is 2.84. The minimum Gasteiger partial charge on any atom is -0.332 e. The third-order valence-electron chi connectivity index (χ3n) is 1.72. The highest BCUT2D eigenvalue weighted by Gasteiger charge is 2.09. The van der Waals surface area contributed by atoms with Gasteiger partial charge in [-0.3, -0.25) is 4.79 Å². The first kappa shape index (κ1) is 11.5. The van der Waals surface area contributed by atoms with Crippen molar-refractivity contribution in [3.05, 3.63) is 34.6 Å². The molecule has 1 rings (SSSR count). The lowest BCUT2D eigenvalue weighted by atomic mass is 10.2. The molecule has 14 heavy (non-hydrogen) atoms. The minimum absolute atomic E-state index is 0.191. The molecule has 0 heterocycles. The number of hydrogen-bond donors (Lipinski definition) is 0. The fraction of sp³-hybridized carbons (Fsp3) is 0.222. The molecule has 0 fully saturated rings. The van der Waals surface area contributed by atoms with E-state index in [0.717, 1.165) is 0 Å². The van der Waals surface area contributed by atoms with Crippen LogP contribution in [0.5, 0.6) is 0 Å². The lowest BCUT2D eigenvalue weighted by Gasteiger charge is -2.14. The molecule has 0 saturated heterocycles.